The zero-order chi connectivity index (χ0) is 12.5. The highest BCUT2D eigenvalue weighted by atomic mass is 35.5. The Labute approximate surface area is 113 Å². The van der Waals surface area contributed by atoms with Gasteiger partial charge in [-0.3, -0.25) is 4.90 Å². The number of hydrogen-bond donors (Lipinski definition) is 2. The summed E-state index contributed by atoms with van der Waals surface area (Å²) in [6, 6.07) is 6.53. The molecule has 3 rings (SSSR count). The van der Waals surface area contributed by atoms with Crippen LogP contribution in [0, 0.1) is 0 Å². The maximum absolute atomic E-state index is 9.82. The molecule has 2 aliphatic rings. The standard InChI is InChI=1S/C14H19ClN2O/c15-11-3-1-5-14(18)10(11)9-16-12-6-8-17-7-2-4-13(12)17/h1,3,5,12-13,16,18H,2,4,6-9H2. The van der Waals surface area contributed by atoms with Crippen molar-refractivity contribution in [2.75, 3.05) is 13.1 Å². The Bertz CT molecular complexity index is 418. The van der Waals surface area contributed by atoms with E-state index in [0.717, 1.165) is 5.56 Å². The SMILES string of the molecule is Oc1cccc(Cl)c1CNC1CCN2CCCC12. The van der Waals surface area contributed by atoms with Crippen LogP contribution in [0.2, 0.25) is 5.02 Å². The van der Waals surface area contributed by atoms with E-state index in [2.05, 4.69) is 10.2 Å². The maximum atomic E-state index is 9.82. The largest absolute Gasteiger partial charge is 0.508 e. The number of phenolic OH excluding ortho intramolecular Hbond substituents is 1. The Morgan fingerprint density at radius 1 is 1.33 bits per heavy atom. The maximum Gasteiger partial charge on any atom is 0.121 e. The minimum absolute atomic E-state index is 0.288. The van der Waals surface area contributed by atoms with Gasteiger partial charge in [0.1, 0.15) is 5.75 Å². The first-order valence-electron chi connectivity index (χ1n) is 6.69. The lowest BCUT2D eigenvalue weighted by Crippen LogP contribution is -2.38. The molecule has 2 unspecified atom stereocenters. The van der Waals surface area contributed by atoms with Crippen molar-refractivity contribution in [2.24, 2.45) is 0 Å². The topological polar surface area (TPSA) is 35.5 Å². The summed E-state index contributed by atoms with van der Waals surface area (Å²) in [7, 11) is 0. The quantitative estimate of drug-likeness (QED) is 0.882. The van der Waals surface area contributed by atoms with Gasteiger partial charge in [-0.2, -0.15) is 0 Å². The van der Waals surface area contributed by atoms with Gasteiger partial charge in [-0.15, -0.1) is 0 Å². The van der Waals surface area contributed by atoms with Crippen LogP contribution in [0.1, 0.15) is 24.8 Å². The molecule has 1 aromatic rings. The number of benzene rings is 1. The molecule has 0 aliphatic carbocycles. The van der Waals surface area contributed by atoms with Gasteiger partial charge in [-0.1, -0.05) is 17.7 Å². The van der Waals surface area contributed by atoms with E-state index < -0.39 is 0 Å². The molecule has 0 bridgehead atoms. The second-order valence-corrected chi connectivity index (χ2v) is 5.67. The fourth-order valence-electron chi connectivity index (χ4n) is 3.28. The van der Waals surface area contributed by atoms with Gasteiger partial charge in [-0.05, 0) is 37.9 Å². The van der Waals surface area contributed by atoms with E-state index in [1.54, 1.807) is 12.1 Å². The highest BCUT2D eigenvalue weighted by molar-refractivity contribution is 6.31. The van der Waals surface area contributed by atoms with Crippen molar-refractivity contribution in [3.8, 4) is 5.75 Å². The van der Waals surface area contributed by atoms with Crippen LogP contribution in [0.4, 0.5) is 0 Å². The normalized spacial score (nSPS) is 27.6. The van der Waals surface area contributed by atoms with Gasteiger partial charge in [0, 0.05) is 35.8 Å². The third kappa shape index (κ3) is 2.22. The second-order valence-electron chi connectivity index (χ2n) is 5.26. The Morgan fingerprint density at radius 3 is 3.06 bits per heavy atom. The molecule has 0 amide bonds. The summed E-state index contributed by atoms with van der Waals surface area (Å²) >= 11 is 6.12. The lowest BCUT2D eigenvalue weighted by molar-refractivity contribution is 0.298. The summed E-state index contributed by atoms with van der Waals surface area (Å²) in [5.41, 5.74) is 0.815. The molecular weight excluding hydrogens is 248 g/mol. The van der Waals surface area contributed by atoms with Gasteiger partial charge >= 0.3 is 0 Å². The lowest BCUT2D eigenvalue weighted by Gasteiger charge is -2.21. The molecule has 2 N–H and O–H groups in total. The minimum atomic E-state index is 0.288. The fraction of sp³-hybridized carbons (Fsp3) is 0.571. The van der Waals surface area contributed by atoms with Crippen molar-refractivity contribution >= 4 is 11.6 Å². The summed E-state index contributed by atoms with van der Waals surface area (Å²) in [6.45, 7) is 3.11. The van der Waals surface area contributed by atoms with Crippen LogP contribution in [-0.2, 0) is 6.54 Å². The van der Waals surface area contributed by atoms with Crippen molar-refractivity contribution in [3.63, 3.8) is 0 Å². The molecule has 3 nitrogen and oxygen atoms in total. The van der Waals surface area contributed by atoms with Crippen LogP contribution in [0.25, 0.3) is 0 Å². The van der Waals surface area contributed by atoms with Crippen molar-refractivity contribution in [1.29, 1.82) is 0 Å². The predicted octanol–water partition coefficient (Wildman–Crippen LogP) is 2.37. The monoisotopic (exact) mass is 266 g/mol. The first-order valence-corrected chi connectivity index (χ1v) is 7.07. The second kappa shape index (κ2) is 5.08. The Balaban J connectivity index is 1.64. The third-order valence-corrected chi connectivity index (χ3v) is 4.60. The zero-order valence-corrected chi connectivity index (χ0v) is 11.2. The summed E-state index contributed by atoms with van der Waals surface area (Å²) < 4.78 is 0. The Kier molecular flexibility index (Phi) is 3.46. The Hall–Kier alpha value is -0.770. The molecule has 4 heteroatoms. The van der Waals surface area contributed by atoms with Crippen LogP contribution in [0.3, 0.4) is 0 Å². The molecule has 0 saturated carbocycles. The van der Waals surface area contributed by atoms with E-state index >= 15 is 0 Å². The number of aromatic hydroxyl groups is 1. The van der Waals surface area contributed by atoms with Crippen molar-refractivity contribution in [1.82, 2.24) is 10.2 Å². The number of fused-ring (bicyclic) bond motifs is 1. The van der Waals surface area contributed by atoms with Crippen molar-refractivity contribution < 1.29 is 5.11 Å². The number of phenols is 1. The molecule has 2 heterocycles. The van der Waals surface area contributed by atoms with Gasteiger partial charge in [0.25, 0.3) is 0 Å². The summed E-state index contributed by atoms with van der Waals surface area (Å²) in [4.78, 5) is 2.57. The summed E-state index contributed by atoms with van der Waals surface area (Å²) in [5, 5.41) is 14.0. The van der Waals surface area contributed by atoms with Crippen LogP contribution in [0.15, 0.2) is 18.2 Å². The first kappa shape index (κ1) is 12.3. The minimum Gasteiger partial charge on any atom is -0.508 e. The molecule has 0 aromatic heterocycles. The van der Waals surface area contributed by atoms with E-state index in [-0.39, 0.29) is 5.75 Å². The predicted molar refractivity (Wildman–Crippen MR) is 73.0 cm³/mol. The van der Waals surface area contributed by atoms with Gasteiger partial charge in [-0.25, -0.2) is 0 Å². The van der Waals surface area contributed by atoms with E-state index in [1.165, 1.54) is 32.4 Å². The number of nitrogens with one attached hydrogen (secondary N) is 1. The molecule has 2 aliphatic heterocycles. The summed E-state index contributed by atoms with van der Waals surface area (Å²) in [5.74, 6) is 0.288. The van der Waals surface area contributed by atoms with Gasteiger partial charge in [0.05, 0.1) is 0 Å². The average Bonchev–Trinajstić information content (AvgIpc) is 2.92. The number of nitrogens with zero attached hydrogens (tertiary/aromatic N) is 1. The van der Waals surface area contributed by atoms with E-state index in [4.69, 9.17) is 11.6 Å². The van der Waals surface area contributed by atoms with Crippen LogP contribution < -0.4 is 5.32 Å². The Morgan fingerprint density at radius 2 is 2.22 bits per heavy atom. The highest BCUT2D eigenvalue weighted by Gasteiger charge is 2.36. The number of hydrogen-bond acceptors (Lipinski definition) is 3. The highest BCUT2D eigenvalue weighted by Crippen LogP contribution is 2.29. The molecule has 2 atom stereocenters. The van der Waals surface area contributed by atoms with Crippen LogP contribution in [0.5, 0.6) is 5.75 Å². The number of halogens is 1. The number of rotatable bonds is 3. The summed E-state index contributed by atoms with van der Waals surface area (Å²) in [6.07, 6.45) is 3.82. The van der Waals surface area contributed by atoms with Gasteiger partial charge in [0.15, 0.2) is 0 Å². The molecule has 0 spiro atoms. The van der Waals surface area contributed by atoms with Gasteiger partial charge in [0.2, 0.25) is 0 Å². The van der Waals surface area contributed by atoms with Gasteiger partial charge < -0.3 is 10.4 Å². The van der Waals surface area contributed by atoms with Crippen molar-refractivity contribution in [3.05, 3.63) is 28.8 Å². The molecule has 0 radical (unpaired) electrons. The zero-order valence-electron chi connectivity index (χ0n) is 10.4. The van der Waals surface area contributed by atoms with Crippen LogP contribution in [-0.4, -0.2) is 35.2 Å². The van der Waals surface area contributed by atoms with Crippen LogP contribution >= 0.6 is 11.6 Å². The lowest BCUT2D eigenvalue weighted by atomic mass is 10.1. The van der Waals surface area contributed by atoms with E-state index in [1.807, 2.05) is 6.07 Å². The molecule has 2 saturated heterocycles. The third-order valence-electron chi connectivity index (χ3n) is 4.24. The fourth-order valence-corrected chi connectivity index (χ4v) is 3.51. The van der Waals surface area contributed by atoms with Crippen molar-refractivity contribution in [2.45, 2.75) is 37.9 Å². The molecular formula is C14H19ClN2O. The molecule has 2 fully saturated rings. The smallest absolute Gasteiger partial charge is 0.121 e. The molecule has 18 heavy (non-hydrogen) atoms. The average molecular weight is 267 g/mol. The first-order chi connectivity index (χ1) is 8.75. The van der Waals surface area contributed by atoms with E-state index in [9.17, 15) is 5.11 Å². The molecule has 1 aromatic carbocycles. The molecule has 98 valence electrons. The van der Waals surface area contributed by atoms with E-state index in [0.29, 0.717) is 23.7 Å².